The first-order valence-corrected chi connectivity index (χ1v) is 17.9. The van der Waals surface area contributed by atoms with Gasteiger partial charge in [-0.3, -0.25) is 9.59 Å². The van der Waals surface area contributed by atoms with E-state index >= 15 is 0 Å². The molecule has 0 heterocycles. The van der Waals surface area contributed by atoms with Gasteiger partial charge in [-0.1, -0.05) is 26.3 Å². The van der Waals surface area contributed by atoms with E-state index in [1.54, 1.807) is 0 Å². The van der Waals surface area contributed by atoms with E-state index in [1.807, 2.05) is 6.08 Å². The van der Waals surface area contributed by atoms with Crippen LogP contribution in [0.15, 0.2) is 23.0 Å². The van der Waals surface area contributed by atoms with Crippen LogP contribution >= 0.6 is 0 Å². The Morgan fingerprint density at radius 1 is 0.698 bits per heavy atom. The highest BCUT2D eigenvalue weighted by molar-refractivity contribution is 5.94. The number of Topliss-reactive ketones (excluding diaryl/α,β-unsaturated/α-hetero) is 1. The minimum absolute atomic E-state index is 0.0448. The average molecular weight is 593 g/mol. The SMILES string of the molecule is CC1=CC(=O)C[C@@H]2CC[C@H]3[C@@H]4CC[C@H](O)[C@@]4(C)CC[C@@H]3[C@@]12C.C[C@]12CC[C@H]3[C@@H](CCC4=C(O)C(=O)CC[C@@H]43)[C@@H]1CC[C@@H]2O. The van der Waals surface area contributed by atoms with E-state index in [9.17, 15) is 24.9 Å². The summed E-state index contributed by atoms with van der Waals surface area (Å²) in [5.74, 6) is 5.54. The predicted molar refractivity (Wildman–Crippen MR) is 167 cm³/mol. The largest absolute Gasteiger partial charge is 0.504 e. The lowest BCUT2D eigenvalue weighted by Gasteiger charge is -2.60. The predicted octanol–water partition coefficient (Wildman–Crippen LogP) is 7.50. The van der Waals surface area contributed by atoms with Crippen LogP contribution in [-0.2, 0) is 9.59 Å². The Bertz CT molecular complexity index is 1230. The van der Waals surface area contributed by atoms with Crippen molar-refractivity contribution < 1.29 is 24.9 Å². The summed E-state index contributed by atoms with van der Waals surface area (Å²) in [6, 6.07) is 0. The number of aliphatic hydroxyl groups is 3. The second-order valence-electron chi connectivity index (χ2n) is 17.1. The maximum absolute atomic E-state index is 12.0. The van der Waals surface area contributed by atoms with Crippen LogP contribution in [0.3, 0.4) is 0 Å². The smallest absolute Gasteiger partial charge is 0.197 e. The van der Waals surface area contributed by atoms with Gasteiger partial charge in [0.15, 0.2) is 17.3 Å². The van der Waals surface area contributed by atoms with Gasteiger partial charge in [-0.25, -0.2) is 0 Å². The minimum Gasteiger partial charge on any atom is -0.504 e. The quantitative estimate of drug-likeness (QED) is 0.271. The summed E-state index contributed by atoms with van der Waals surface area (Å²) in [5.41, 5.74) is 2.91. The number of fused-ring (bicyclic) bond motifs is 10. The van der Waals surface area contributed by atoms with Gasteiger partial charge in [0.05, 0.1) is 12.2 Å². The fourth-order valence-corrected chi connectivity index (χ4v) is 13.3. The van der Waals surface area contributed by atoms with Crippen LogP contribution in [0.1, 0.15) is 124 Å². The van der Waals surface area contributed by atoms with Crippen molar-refractivity contribution in [2.75, 3.05) is 0 Å². The van der Waals surface area contributed by atoms with Crippen molar-refractivity contribution in [2.24, 2.45) is 63.6 Å². The van der Waals surface area contributed by atoms with Gasteiger partial charge in [0.1, 0.15) is 0 Å². The second-order valence-corrected chi connectivity index (χ2v) is 17.1. The van der Waals surface area contributed by atoms with E-state index in [4.69, 9.17) is 0 Å². The number of aliphatic hydroxyl groups excluding tert-OH is 3. The monoisotopic (exact) mass is 592 g/mol. The number of rotatable bonds is 0. The van der Waals surface area contributed by atoms with Gasteiger partial charge >= 0.3 is 0 Å². The standard InChI is InChI=1S/C20H30O2.C18H26O3/c1-12-10-14(21)11-13-4-5-15-16-6-7-18(22)19(16,2)9-8-17(15)20(12,13)3;1-18-9-8-11-10-4-6-15(19)17(21)13(10)3-2-12(11)14(18)5-7-16(18)20/h10,13,15-18,22H,4-9,11H2,1-3H3;10-12,14,16,20-21H,2-9H2,1H3/t13-,15-,16-,17-,18-,19-,20-;10-,11-,12-,14+,16+,18+/m01/s1. The average Bonchev–Trinajstić information content (AvgIpc) is 3.46. The van der Waals surface area contributed by atoms with Crippen molar-refractivity contribution in [3.8, 4) is 0 Å². The van der Waals surface area contributed by atoms with Gasteiger partial charge < -0.3 is 15.3 Å². The Morgan fingerprint density at radius 2 is 1.35 bits per heavy atom. The third-order valence-corrected chi connectivity index (χ3v) is 15.9. The molecule has 0 radical (unpaired) electrons. The van der Waals surface area contributed by atoms with Crippen molar-refractivity contribution >= 4 is 11.6 Å². The molecule has 238 valence electrons. The van der Waals surface area contributed by atoms with Crippen LogP contribution in [-0.4, -0.2) is 39.1 Å². The Labute approximate surface area is 259 Å². The summed E-state index contributed by atoms with van der Waals surface area (Å²) in [6.07, 6.45) is 17.4. The van der Waals surface area contributed by atoms with Gasteiger partial charge in [0.25, 0.3) is 0 Å². The number of carbonyl (C=O) groups excluding carboxylic acids is 2. The fourth-order valence-electron chi connectivity index (χ4n) is 13.3. The number of allylic oxidation sites excluding steroid dienone is 3. The first-order chi connectivity index (χ1) is 20.4. The van der Waals surface area contributed by atoms with Crippen LogP contribution in [0.25, 0.3) is 0 Å². The highest BCUT2D eigenvalue weighted by Crippen LogP contribution is 2.66. The summed E-state index contributed by atoms with van der Waals surface area (Å²) >= 11 is 0. The number of hydrogen-bond donors (Lipinski definition) is 3. The molecule has 0 spiro atoms. The molecule has 5 heteroatoms. The third kappa shape index (κ3) is 4.36. The molecule has 0 amide bonds. The first kappa shape index (κ1) is 30.2. The molecule has 8 rings (SSSR count). The molecule has 6 fully saturated rings. The molecule has 13 atom stereocenters. The van der Waals surface area contributed by atoms with Gasteiger partial charge in [-0.15, -0.1) is 0 Å². The number of hydrogen-bond acceptors (Lipinski definition) is 5. The summed E-state index contributed by atoms with van der Waals surface area (Å²) in [4.78, 5) is 23.7. The van der Waals surface area contributed by atoms with Crippen molar-refractivity contribution in [1.29, 1.82) is 0 Å². The van der Waals surface area contributed by atoms with Crippen LogP contribution < -0.4 is 0 Å². The molecule has 6 saturated carbocycles. The minimum atomic E-state index is -0.123. The molecule has 3 N–H and O–H groups in total. The van der Waals surface area contributed by atoms with Gasteiger partial charge in [0.2, 0.25) is 0 Å². The molecule has 43 heavy (non-hydrogen) atoms. The molecule has 0 aliphatic heterocycles. The van der Waals surface area contributed by atoms with E-state index in [1.165, 1.54) is 37.7 Å². The van der Waals surface area contributed by atoms with Gasteiger partial charge in [-0.2, -0.15) is 0 Å². The highest BCUT2D eigenvalue weighted by atomic mass is 16.3. The van der Waals surface area contributed by atoms with E-state index in [2.05, 4.69) is 27.7 Å². The van der Waals surface area contributed by atoms with E-state index in [-0.39, 0.29) is 40.0 Å². The molecular weight excluding hydrogens is 536 g/mol. The Morgan fingerprint density at radius 3 is 2.05 bits per heavy atom. The van der Waals surface area contributed by atoms with Crippen LogP contribution in [0.5, 0.6) is 0 Å². The van der Waals surface area contributed by atoms with Gasteiger partial charge in [0, 0.05) is 12.8 Å². The normalized spacial score (nSPS) is 52.0. The van der Waals surface area contributed by atoms with E-state index < -0.39 is 0 Å². The molecule has 8 aliphatic rings. The molecule has 8 aliphatic carbocycles. The number of ketones is 2. The maximum atomic E-state index is 12.0. The van der Waals surface area contributed by atoms with Crippen LogP contribution in [0.2, 0.25) is 0 Å². The molecular formula is C38H56O5. The van der Waals surface area contributed by atoms with Crippen molar-refractivity contribution in [2.45, 2.75) is 136 Å². The molecule has 0 unspecified atom stereocenters. The molecule has 0 aromatic heterocycles. The van der Waals surface area contributed by atoms with Crippen LogP contribution in [0, 0.1) is 63.6 Å². The molecule has 0 bridgehead atoms. The topological polar surface area (TPSA) is 94.8 Å². The Balaban J connectivity index is 0.000000140. The lowest BCUT2D eigenvalue weighted by molar-refractivity contribution is -0.125. The van der Waals surface area contributed by atoms with Crippen molar-refractivity contribution in [1.82, 2.24) is 0 Å². The zero-order valence-electron chi connectivity index (χ0n) is 27.1. The summed E-state index contributed by atoms with van der Waals surface area (Å²) in [6.45, 7) is 9.27. The second kappa shape index (κ2) is 10.5. The lowest BCUT2D eigenvalue weighted by atomic mass is 9.45. The fraction of sp³-hybridized carbons (Fsp3) is 0.842. The third-order valence-electron chi connectivity index (χ3n) is 15.9. The zero-order valence-corrected chi connectivity index (χ0v) is 27.1. The lowest BCUT2D eigenvalue weighted by Crippen LogP contribution is -2.54. The maximum Gasteiger partial charge on any atom is 0.197 e. The Hall–Kier alpha value is -1.46. The number of carbonyl (C=O) groups is 2. The van der Waals surface area contributed by atoms with Crippen LogP contribution in [0.4, 0.5) is 0 Å². The van der Waals surface area contributed by atoms with Crippen molar-refractivity contribution in [3.05, 3.63) is 23.0 Å². The summed E-state index contributed by atoms with van der Waals surface area (Å²) in [7, 11) is 0. The van der Waals surface area contributed by atoms with Crippen molar-refractivity contribution in [3.63, 3.8) is 0 Å². The molecule has 5 nitrogen and oxygen atoms in total. The summed E-state index contributed by atoms with van der Waals surface area (Å²) < 4.78 is 0. The molecule has 0 aromatic carbocycles. The summed E-state index contributed by atoms with van der Waals surface area (Å²) in [5, 5.41) is 31.0. The van der Waals surface area contributed by atoms with E-state index in [0.717, 1.165) is 75.2 Å². The highest BCUT2D eigenvalue weighted by Gasteiger charge is 2.61. The molecule has 0 saturated heterocycles. The van der Waals surface area contributed by atoms with Gasteiger partial charge in [-0.05, 0) is 166 Å². The molecule has 0 aromatic rings. The first-order valence-electron chi connectivity index (χ1n) is 17.9. The van der Waals surface area contributed by atoms with E-state index in [0.29, 0.717) is 47.7 Å². The Kier molecular flexibility index (Phi) is 7.41. The zero-order chi connectivity index (χ0) is 30.5.